The van der Waals surface area contributed by atoms with Crippen LogP contribution in [0.4, 0.5) is 0 Å². The van der Waals surface area contributed by atoms with Crippen molar-refractivity contribution in [1.29, 1.82) is 0 Å². The van der Waals surface area contributed by atoms with Gasteiger partial charge in [0.25, 0.3) is 5.56 Å². The molecule has 3 aromatic rings. The zero-order valence-corrected chi connectivity index (χ0v) is 18.1. The quantitative estimate of drug-likeness (QED) is 0.572. The third kappa shape index (κ3) is 5.26. The Morgan fingerprint density at radius 3 is 2.60 bits per heavy atom. The van der Waals surface area contributed by atoms with E-state index in [1.807, 2.05) is 45.0 Å². The summed E-state index contributed by atoms with van der Waals surface area (Å²) < 4.78 is 7.36. The van der Waals surface area contributed by atoms with Crippen molar-refractivity contribution in [3.05, 3.63) is 69.8 Å². The van der Waals surface area contributed by atoms with E-state index in [0.29, 0.717) is 37.9 Å². The fraction of sp³-hybridized carbons (Fsp3) is 0.375. The predicted octanol–water partition coefficient (Wildman–Crippen LogP) is 3.64. The van der Waals surface area contributed by atoms with Crippen molar-refractivity contribution < 1.29 is 9.53 Å². The molecule has 6 nitrogen and oxygen atoms in total. The van der Waals surface area contributed by atoms with Gasteiger partial charge in [-0.2, -0.15) is 0 Å². The van der Waals surface area contributed by atoms with Gasteiger partial charge in [0.15, 0.2) is 0 Å². The molecular formula is C24H29N3O3. The molecule has 2 aromatic carbocycles. The van der Waals surface area contributed by atoms with Crippen LogP contribution in [-0.2, 0) is 11.3 Å². The highest BCUT2D eigenvalue weighted by molar-refractivity contribution is 5.80. The van der Waals surface area contributed by atoms with E-state index in [0.717, 1.165) is 28.0 Å². The molecule has 0 unspecified atom stereocenters. The molecule has 0 spiro atoms. The lowest BCUT2D eigenvalue weighted by Gasteiger charge is -2.18. The van der Waals surface area contributed by atoms with Gasteiger partial charge in [0, 0.05) is 20.0 Å². The zero-order chi connectivity index (χ0) is 21.7. The molecule has 0 atom stereocenters. The van der Waals surface area contributed by atoms with Crippen LogP contribution in [0, 0.1) is 20.8 Å². The van der Waals surface area contributed by atoms with E-state index in [-0.39, 0.29) is 11.5 Å². The molecule has 0 aliphatic carbocycles. The highest BCUT2D eigenvalue weighted by Gasteiger charge is 2.10. The van der Waals surface area contributed by atoms with Gasteiger partial charge >= 0.3 is 0 Å². The second-order valence-electron chi connectivity index (χ2n) is 7.80. The molecule has 30 heavy (non-hydrogen) atoms. The number of aromatic nitrogens is 2. The maximum Gasteiger partial charge on any atom is 0.261 e. The number of benzene rings is 2. The van der Waals surface area contributed by atoms with Crippen molar-refractivity contribution >= 4 is 16.8 Å². The predicted molar refractivity (Wildman–Crippen MR) is 119 cm³/mol. The number of carbonyl (C=O) groups excluding carboxylic acids is 1. The average molecular weight is 408 g/mol. The number of ether oxygens (including phenoxy) is 1. The van der Waals surface area contributed by atoms with Crippen molar-refractivity contribution in [2.24, 2.45) is 0 Å². The van der Waals surface area contributed by atoms with Crippen molar-refractivity contribution in [3.63, 3.8) is 0 Å². The molecule has 6 heteroatoms. The third-order valence-electron chi connectivity index (χ3n) is 5.16. The number of para-hydroxylation sites is 1. The van der Waals surface area contributed by atoms with Crippen LogP contribution in [0.25, 0.3) is 10.9 Å². The van der Waals surface area contributed by atoms with Crippen LogP contribution in [0.3, 0.4) is 0 Å². The minimum absolute atomic E-state index is 0.0386. The summed E-state index contributed by atoms with van der Waals surface area (Å²) in [6.45, 7) is 7.44. The fourth-order valence-corrected chi connectivity index (χ4v) is 3.53. The van der Waals surface area contributed by atoms with E-state index >= 15 is 0 Å². The van der Waals surface area contributed by atoms with Gasteiger partial charge in [-0.25, -0.2) is 4.98 Å². The Hall–Kier alpha value is -3.15. The van der Waals surface area contributed by atoms with Gasteiger partial charge in [0.2, 0.25) is 5.91 Å². The second kappa shape index (κ2) is 9.57. The number of nitrogens with zero attached hydrogens (tertiary/aromatic N) is 3. The summed E-state index contributed by atoms with van der Waals surface area (Å²) in [6, 6.07) is 11.7. The molecule has 1 heterocycles. The average Bonchev–Trinajstić information content (AvgIpc) is 2.69. The Bertz CT molecular complexity index is 1080. The van der Waals surface area contributed by atoms with Crippen LogP contribution in [0.1, 0.15) is 29.5 Å². The highest BCUT2D eigenvalue weighted by Crippen LogP contribution is 2.16. The van der Waals surface area contributed by atoms with E-state index in [1.54, 1.807) is 28.9 Å². The van der Waals surface area contributed by atoms with Gasteiger partial charge in [0.05, 0.1) is 23.8 Å². The van der Waals surface area contributed by atoms with E-state index in [9.17, 15) is 9.59 Å². The molecule has 0 N–H and O–H groups in total. The summed E-state index contributed by atoms with van der Waals surface area (Å²) in [5, 5.41) is 0.615. The molecule has 0 bridgehead atoms. The Balaban J connectivity index is 1.48. The van der Waals surface area contributed by atoms with E-state index in [2.05, 4.69) is 11.1 Å². The van der Waals surface area contributed by atoms with Gasteiger partial charge in [-0.15, -0.1) is 0 Å². The molecule has 1 aromatic heterocycles. The van der Waals surface area contributed by atoms with Crippen molar-refractivity contribution in [2.45, 2.75) is 40.2 Å². The molecule has 1 amide bonds. The number of aryl methyl sites for hydroxylation is 4. The summed E-state index contributed by atoms with van der Waals surface area (Å²) in [5.74, 6) is 0.864. The number of rotatable bonds is 8. The van der Waals surface area contributed by atoms with E-state index < -0.39 is 0 Å². The standard InChI is InChI=1S/C24H29N3O3/c1-17-13-18(2)15-20(14-17)30-12-11-26(4)22(28)9-6-10-27-16-25-23-19(3)7-5-8-21(23)24(27)29/h5,7-8,13-16H,6,9-12H2,1-4H3. The summed E-state index contributed by atoms with van der Waals surface area (Å²) in [5.41, 5.74) is 3.97. The highest BCUT2D eigenvalue weighted by atomic mass is 16.5. The number of hydrogen-bond donors (Lipinski definition) is 0. The third-order valence-corrected chi connectivity index (χ3v) is 5.16. The first-order valence-electron chi connectivity index (χ1n) is 10.2. The zero-order valence-electron chi connectivity index (χ0n) is 18.1. The smallest absolute Gasteiger partial charge is 0.261 e. The normalized spacial score (nSPS) is 10.9. The van der Waals surface area contributed by atoms with Crippen LogP contribution in [0.15, 0.2) is 47.5 Å². The van der Waals surface area contributed by atoms with Crippen LogP contribution in [0.5, 0.6) is 5.75 Å². The number of likely N-dealkylation sites (N-methyl/N-ethyl adjacent to an activating group) is 1. The molecule has 158 valence electrons. The minimum Gasteiger partial charge on any atom is -0.492 e. The lowest BCUT2D eigenvalue weighted by Crippen LogP contribution is -2.31. The van der Waals surface area contributed by atoms with E-state index in [4.69, 9.17) is 4.74 Å². The Morgan fingerprint density at radius 2 is 1.87 bits per heavy atom. The number of carbonyl (C=O) groups is 1. The van der Waals surface area contributed by atoms with Gasteiger partial charge in [-0.3, -0.25) is 14.2 Å². The molecule has 0 aliphatic heterocycles. The van der Waals surface area contributed by atoms with Gasteiger partial charge in [-0.1, -0.05) is 18.2 Å². The number of hydrogen-bond acceptors (Lipinski definition) is 4. The van der Waals surface area contributed by atoms with Crippen LogP contribution in [-0.4, -0.2) is 40.6 Å². The first-order chi connectivity index (χ1) is 14.3. The van der Waals surface area contributed by atoms with Crippen molar-refractivity contribution in [2.75, 3.05) is 20.2 Å². The van der Waals surface area contributed by atoms with Gasteiger partial charge in [-0.05, 0) is 62.1 Å². The number of amides is 1. The monoisotopic (exact) mass is 407 g/mol. The van der Waals surface area contributed by atoms with Gasteiger partial charge < -0.3 is 9.64 Å². The Kier molecular flexibility index (Phi) is 6.87. The fourth-order valence-electron chi connectivity index (χ4n) is 3.53. The molecule has 0 fully saturated rings. The first-order valence-corrected chi connectivity index (χ1v) is 10.2. The summed E-state index contributed by atoms with van der Waals surface area (Å²) in [7, 11) is 1.78. The lowest BCUT2D eigenvalue weighted by atomic mass is 10.1. The van der Waals surface area contributed by atoms with Crippen LogP contribution >= 0.6 is 0 Å². The minimum atomic E-state index is -0.0636. The van der Waals surface area contributed by atoms with Crippen LogP contribution < -0.4 is 10.3 Å². The first kappa shape index (κ1) is 21.6. The maximum absolute atomic E-state index is 12.6. The molecule has 0 aliphatic rings. The van der Waals surface area contributed by atoms with Gasteiger partial charge in [0.1, 0.15) is 12.4 Å². The van der Waals surface area contributed by atoms with Crippen molar-refractivity contribution in [1.82, 2.24) is 14.5 Å². The molecule has 0 saturated carbocycles. The largest absolute Gasteiger partial charge is 0.492 e. The van der Waals surface area contributed by atoms with E-state index in [1.165, 1.54) is 0 Å². The van der Waals surface area contributed by atoms with Crippen molar-refractivity contribution in [3.8, 4) is 5.75 Å². The SMILES string of the molecule is Cc1cc(C)cc(OCCN(C)C(=O)CCCn2cnc3c(C)cccc3c2=O)c1. The maximum atomic E-state index is 12.6. The van der Waals surface area contributed by atoms with Crippen LogP contribution in [0.2, 0.25) is 0 Å². The molecular weight excluding hydrogens is 378 g/mol. The summed E-state index contributed by atoms with van der Waals surface area (Å²) in [4.78, 5) is 31.1. The molecule has 0 saturated heterocycles. The summed E-state index contributed by atoms with van der Waals surface area (Å²) in [6.07, 6.45) is 2.53. The number of fused-ring (bicyclic) bond motifs is 1. The topological polar surface area (TPSA) is 64.4 Å². The lowest BCUT2D eigenvalue weighted by molar-refractivity contribution is -0.130. The summed E-state index contributed by atoms with van der Waals surface area (Å²) >= 11 is 0. The Morgan fingerprint density at radius 1 is 1.13 bits per heavy atom. The molecule has 3 rings (SSSR count). The Labute approximate surface area is 177 Å². The second-order valence-corrected chi connectivity index (χ2v) is 7.80. The molecule has 0 radical (unpaired) electrons.